The number of hydrogen-bond donors (Lipinski definition) is 1. The van der Waals surface area contributed by atoms with Gasteiger partial charge in [0, 0.05) is 12.5 Å². The Hall–Kier alpha value is -2.42. The van der Waals surface area contributed by atoms with Crippen LogP contribution in [0.4, 0.5) is 0 Å². The smallest absolute Gasteiger partial charge is 0.328 e. The number of unbranched alkanes of at least 4 members (excludes halogenated alkanes) is 7. The SMILES string of the molecule is O=CCCCCCCCCC=CC=CC=CC=CC=CC=CC(=O)O. The maximum Gasteiger partial charge on any atom is 0.328 e. The summed E-state index contributed by atoms with van der Waals surface area (Å²) < 4.78 is 0. The maximum atomic E-state index is 10.2. The highest BCUT2D eigenvalue weighted by Crippen LogP contribution is 2.08. The molecular formula is C22H30O3. The molecule has 0 amide bonds. The van der Waals surface area contributed by atoms with Gasteiger partial charge in [-0.2, -0.15) is 0 Å². The molecule has 136 valence electrons. The Morgan fingerprint density at radius 3 is 1.56 bits per heavy atom. The van der Waals surface area contributed by atoms with Gasteiger partial charge >= 0.3 is 5.97 Å². The summed E-state index contributed by atoms with van der Waals surface area (Å²) in [5.74, 6) is -0.946. The van der Waals surface area contributed by atoms with Gasteiger partial charge in [-0.25, -0.2) is 4.79 Å². The Kier molecular flexibility index (Phi) is 17.7. The molecule has 0 atom stereocenters. The van der Waals surface area contributed by atoms with E-state index in [0.29, 0.717) is 6.42 Å². The van der Waals surface area contributed by atoms with Gasteiger partial charge in [-0.15, -0.1) is 0 Å². The number of allylic oxidation sites excluding steroid dienone is 11. The monoisotopic (exact) mass is 342 g/mol. The Labute approximate surface area is 151 Å². The van der Waals surface area contributed by atoms with Crippen molar-refractivity contribution in [1.82, 2.24) is 0 Å². The van der Waals surface area contributed by atoms with Crippen molar-refractivity contribution in [2.75, 3.05) is 0 Å². The highest BCUT2D eigenvalue weighted by Gasteiger charge is 1.90. The third kappa shape index (κ3) is 21.6. The van der Waals surface area contributed by atoms with E-state index in [1.807, 2.05) is 36.5 Å². The summed E-state index contributed by atoms with van der Waals surface area (Å²) >= 11 is 0. The van der Waals surface area contributed by atoms with Gasteiger partial charge in [-0.3, -0.25) is 0 Å². The van der Waals surface area contributed by atoms with Crippen molar-refractivity contribution in [3.63, 3.8) is 0 Å². The molecule has 0 aromatic heterocycles. The molecule has 0 unspecified atom stereocenters. The topological polar surface area (TPSA) is 54.4 Å². The Morgan fingerprint density at radius 1 is 0.600 bits per heavy atom. The third-order valence-corrected chi connectivity index (χ3v) is 3.32. The Morgan fingerprint density at radius 2 is 1.04 bits per heavy atom. The second-order valence-corrected chi connectivity index (χ2v) is 5.53. The van der Waals surface area contributed by atoms with Crippen molar-refractivity contribution < 1.29 is 14.7 Å². The van der Waals surface area contributed by atoms with Gasteiger partial charge < -0.3 is 9.90 Å². The summed E-state index contributed by atoms with van der Waals surface area (Å²) in [6, 6.07) is 0. The van der Waals surface area contributed by atoms with Crippen molar-refractivity contribution in [3.05, 3.63) is 72.9 Å². The van der Waals surface area contributed by atoms with Crippen molar-refractivity contribution >= 4 is 12.3 Å². The summed E-state index contributed by atoms with van der Waals surface area (Å²) in [6.07, 6.45) is 31.8. The molecule has 25 heavy (non-hydrogen) atoms. The molecule has 0 aliphatic carbocycles. The van der Waals surface area contributed by atoms with Crippen LogP contribution in [0.3, 0.4) is 0 Å². The molecule has 0 rings (SSSR count). The molecule has 3 heteroatoms. The molecular weight excluding hydrogens is 312 g/mol. The highest BCUT2D eigenvalue weighted by atomic mass is 16.4. The number of carboxylic acids is 1. The lowest BCUT2D eigenvalue weighted by Gasteiger charge is -1.98. The molecule has 0 aliphatic heterocycles. The minimum atomic E-state index is -0.946. The number of aldehydes is 1. The van der Waals surface area contributed by atoms with Gasteiger partial charge in [-0.05, 0) is 19.3 Å². The summed E-state index contributed by atoms with van der Waals surface area (Å²) in [5, 5.41) is 8.39. The molecule has 0 aromatic rings. The van der Waals surface area contributed by atoms with E-state index in [2.05, 4.69) is 12.2 Å². The Bertz CT molecular complexity index is 505. The average molecular weight is 342 g/mol. The normalized spacial score (nSPS) is 12.8. The molecule has 0 spiro atoms. The zero-order valence-corrected chi connectivity index (χ0v) is 14.9. The standard InChI is InChI=1S/C22H30O3/c23-21-19-17-15-13-11-9-7-5-3-1-2-4-6-8-10-12-14-16-18-20-22(24)25/h1-4,6,8,10,12,14,16,18,20-21H,5,7,9,11,13,15,17,19H2,(H,24,25). The van der Waals surface area contributed by atoms with Gasteiger partial charge in [0.25, 0.3) is 0 Å². The van der Waals surface area contributed by atoms with Gasteiger partial charge in [-0.1, -0.05) is 92.5 Å². The van der Waals surface area contributed by atoms with Crippen LogP contribution in [0.15, 0.2) is 72.9 Å². The number of carboxylic acid groups (broad SMARTS) is 1. The zero-order valence-electron chi connectivity index (χ0n) is 14.9. The molecule has 0 aliphatic rings. The van der Waals surface area contributed by atoms with Crippen LogP contribution in [-0.4, -0.2) is 17.4 Å². The maximum absolute atomic E-state index is 10.2. The molecule has 0 fully saturated rings. The van der Waals surface area contributed by atoms with Gasteiger partial charge in [0.2, 0.25) is 0 Å². The van der Waals surface area contributed by atoms with Crippen LogP contribution in [0.25, 0.3) is 0 Å². The van der Waals surface area contributed by atoms with Crippen molar-refractivity contribution in [3.8, 4) is 0 Å². The summed E-state index contributed by atoms with van der Waals surface area (Å²) in [4.78, 5) is 20.4. The molecule has 3 nitrogen and oxygen atoms in total. The lowest BCUT2D eigenvalue weighted by atomic mass is 10.1. The molecule has 0 saturated carbocycles. The van der Waals surface area contributed by atoms with Crippen molar-refractivity contribution in [1.29, 1.82) is 0 Å². The van der Waals surface area contributed by atoms with Crippen LogP contribution in [0.1, 0.15) is 51.4 Å². The van der Waals surface area contributed by atoms with E-state index in [9.17, 15) is 9.59 Å². The highest BCUT2D eigenvalue weighted by molar-refractivity contribution is 5.80. The molecule has 0 heterocycles. The Balaban J connectivity index is 3.55. The van der Waals surface area contributed by atoms with Crippen molar-refractivity contribution in [2.45, 2.75) is 51.4 Å². The van der Waals surface area contributed by atoms with Crippen LogP contribution < -0.4 is 0 Å². The van der Waals surface area contributed by atoms with Gasteiger partial charge in [0.1, 0.15) is 6.29 Å². The first kappa shape index (κ1) is 22.6. The van der Waals surface area contributed by atoms with Gasteiger partial charge in [0.05, 0.1) is 0 Å². The molecule has 0 saturated heterocycles. The summed E-state index contributed by atoms with van der Waals surface area (Å²) in [5.41, 5.74) is 0. The fourth-order valence-electron chi connectivity index (χ4n) is 2.02. The second-order valence-electron chi connectivity index (χ2n) is 5.53. The number of rotatable bonds is 15. The van der Waals surface area contributed by atoms with Crippen LogP contribution in [0.2, 0.25) is 0 Å². The number of aliphatic carboxylic acids is 1. The third-order valence-electron chi connectivity index (χ3n) is 3.32. The summed E-state index contributed by atoms with van der Waals surface area (Å²) in [6.45, 7) is 0. The molecule has 0 aromatic carbocycles. The number of carbonyl (C=O) groups is 2. The minimum Gasteiger partial charge on any atom is -0.478 e. The van der Waals surface area contributed by atoms with Gasteiger partial charge in [0.15, 0.2) is 0 Å². The average Bonchev–Trinajstić information content (AvgIpc) is 2.60. The first-order chi connectivity index (χ1) is 12.3. The van der Waals surface area contributed by atoms with E-state index < -0.39 is 5.97 Å². The lowest BCUT2D eigenvalue weighted by molar-refractivity contribution is -0.131. The molecule has 1 N–H and O–H groups in total. The molecule has 0 bridgehead atoms. The fourth-order valence-corrected chi connectivity index (χ4v) is 2.02. The van der Waals surface area contributed by atoms with Crippen LogP contribution in [0.5, 0.6) is 0 Å². The molecule has 0 radical (unpaired) electrons. The largest absolute Gasteiger partial charge is 0.478 e. The first-order valence-electron chi connectivity index (χ1n) is 8.94. The van der Waals surface area contributed by atoms with E-state index in [4.69, 9.17) is 5.11 Å². The number of hydrogen-bond acceptors (Lipinski definition) is 2. The van der Waals surface area contributed by atoms with E-state index in [1.54, 1.807) is 12.2 Å². The van der Waals surface area contributed by atoms with E-state index >= 15 is 0 Å². The van der Waals surface area contributed by atoms with Crippen LogP contribution in [0, 0.1) is 0 Å². The lowest BCUT2D eigenvalue weighted by Crippen LogP contribution is -1.84. The summed E-state index contributed by atoms with van der Waals surface area (Å²) in [7, 11) is 0. The first-order valence-corrected chi connectivity index (χ1v) is 8.94. The fraction of sp³-hybridized carbons (Fsp3) is 0.364. The van der Waals surface area contributed by atoms with Crippen molar-refractivity contribution in [2.24, 2.45) is 0 Å². The van der Waals surface area contributed by atoms with E-state index in [1.165, 1.54) is 38.2 Å². The number of carbonyl (C=O) groups excluding carboxylic acids is 1. The minimum absolute atomic E-state index is 0.708. The predicted octanol–water partition coefficient (Wildman–Crippen LogP) is 5.73. The van der Waals surface area contributed by atoms with E-state index in [-0.39, 0.29) is 0 Å². The van der Waals surface area contributed by atoms with Crippen LogP contribution in [-0.2, 0) is 9.59 Å². The quantitative estimate of drug-likeness (QED) is 0.179. The zero-order chi connectivity index (χ0) is 18.4. The van der Waals surface area contributed by atoms with E-state index in [0.717, 1.165) is 25.2 Å². The second kappa shape index (κ2) is 19.6. The van der Waals surface area contributed by atoms with Crippen LogP contribution >= 0.6 is 0 Å². The predicted molar refractivity (Wildman–Crippen MR) is 105 cm³/mol.